The van der Waals surface area contributed by atoms with E-state index in [1.165, 1.54) is 5.57 Å². The van der Waals surface area contributed by atoms with Crippen molar-refractivity contribution in [2.45, 2.75) is 38.4 Å². The normalized spacial score (nSPS) is 21.6. The summed E-state index contributed by atoms with van der Waals surface area (Å²) >= 11 is 0. The Bertz CT molecular complexity index is 191. The molecule has 13 heavy (non-hydrogen) atoms. The van der Waals surface area contributed by atoms with Gasteiger partial charge in [0.25, 0.3) is 0 Å². The SMILES string of the molecule is COC1(OC)CCC(=C(C)N)CC1. The monoisotopic (exact) mass is 185 g/mol. The van der Waals surface area contributed by atoms with Gasteiger partial charge in [-0.2, -0.15) is 0 Å². The van der Waals surface area contributed by atoms with Crippen LogP contribution in [0.5, 0.6) is 0 Å². The Hall–Kier alpha value is -0.540. The largest absolute Gasteiger partial charge is 0.402 e. The molecule has 0 saturated heterocycles. The third kappa shape index (κ3) is 2.23. The number of nitrogens with two attached hydrogens (primary N) is 1. The molecule has 0 amide bonds. The minimum Gasteiger partial charge on any atom is -0.402 e. The first-order chi connectivity index (χ1) is 6.13. The van der Waals surface area contributed by atoms with Gasteiger partial charge in [0.05, 0.1) is 0 Å². The van der Waals surface area contributed by atoms with Gasteiger partial charge < -0.3 is 15.2 Å². The summed E-state index contributed by atoms with van der Waals surface area (Å²) in [6.45, 7) is 1.96. The summed E-state index contributed by atoms with van der Waals surface area (Å²) in [6.07, 6.45) is 3.79. The molecule has 3 nitrogen and oxygen atoms in total. The molecule has 1 rings (SSSR count). The number of methoxy groups -OCH3 is 2. The van der Waals surface area contributed by atoms with Crippen LogP contribution in [0, 0.1) is 0 Å². The maximum atomic E-state index is 5.74. The summed E-state index contributed by atoms with van der Waals surface area (Å²) < 4.78 is 10.7. The van der Waals surface area contributed by atoms with E-state index in [0.29, 0.717) is 0 Å². The van der Waals surface area contributed by atoms with Gasteiger partial charge in [-0.1, -0.05) is 5.57 Å². The second-order valence-corrected chi connectivity index (χ2v) is 3.61. The molecular formula is C10H19NO2. The molecule has 0 aromatic carbocycles. The molecule has 1 aliphatic rings. The Labute approximate surface area is 79.9 Å². The first kappa shape index (κ1) is 10.5. The van der Waals surface area contributed by atoms with Gasteiger partial charge in [-0.05, 0) is 19.8 Å². The second kappa shape index (κ2) is 4.11. The predicted octanol–water partition coefficient (Wildman–Crippen LogP) is 1.78. The third-order valence-electron chi connectivity index (χ3n) is 2.92. The molecule has 1 saturated carbocycles. The highest BCUT2D eigenvalue weighted by Crippen LogP contribution is 2.35. The Morgan fingerprint density at radius 3 is 2.00 bits per heavy atom. The van der Waals surface area contributed by atoms with E-state index in [1.54, 1.807) is 14.2 Å². The van der Waals surface area contributed by atoms with E-state index in [0.717, 1.165) is 31.4 Å². The number of rotatable bonds is 2. The van der Waals surface area contributed by atoms with Crippen molar-refractivity contribution in [2.75, 3.05) is 14.2 Å². The van der Waals surface area contributed by atoms with Crippen molar-refractivity contribution < 1.29 is 9.47 Å². The van der Waals surface area contributed by atoms with Crippen LogP contribution in [0.15, 0.2) is 11.3 Å². The molecule has 2 N–H and O–H groups in total. The van der Waals surface area contributed by atoms with Crippen LogP contribution in [-0.4, -0.2) is 20.0 Å². The van der Waals surface area contributed by atoms with Crippen LogP contribution in [0.4, 0.5) is 0 Å². The summed E-state index contributed by atoms with van der Waals surface area (Å²) in [4.78, 5) is 0. The predicted molar refractivity (Wildman–Crippen MR) is 52.1 cm³/mol. The third-order valence-corrected chi connectivity index (χ3v) is 2.92. The zero-order chi connectivity index (χ0) is 9.90. The van der Waals surface area contributed by atoms with Gasteiger partial charge in [-0.25, -0.2) is 0 Å². The molecule has 0 aromatic rings. The summed E-state index contributed by atoms with van der Waals surface area (Å²) in [5, 5.41) is 0. The van der Waals surface area contributed by atoms with Crippen molar-refractivity contribution in [1.29, 1.82) is 0 Å². The Morgan fingerprint density at radius 2 is 1.69 bits per heavy atom. The van der Waals surface area contributed by atoms with Crippen molar-refractivity contribution in [3.63, 3.8) is 0 Å². The van der Waals surface area contributed by atoms with Crippen molar-refractivity contribution in [1.82, 2.24) is 0 Å². The van der Waals surface area contributed by atoms with Gasteiger partial charge >= 0.3 is 0 Å². The van der Waals surface area contributed by atoms with Gasteiger partial charge in [-0.3, -0.25) is 0 Å². The van der Waals surface area contributed by atoms with Crippen LogP contribution in [0.25, 0.3) is 0 Å². The van der Waals surface area contributed by atoms with Crippen molar-refractivity contribution in [3.05, 3.63) is 11.3 Å². The van der Waals surface area contributed by atoms with Gasteiger partial charge in [0.2, 0.25) is 0 Å². The smallest absolute Gasteiger partial charge is 0.168 e. The van der Waals surface area contributed by atoms with Gasteiger partial charge in [0.15, 0.2) is 5.79 Å². The Kier molecular flexibility index (Phi) is 3.33. The average Bonchev–Trinajstić information content (AvgIpc) is 2.18. The molecule has 1 aliphatic carbocycles. The summed E-state index contributed by atoms with van der Waals surface area (Å²) in [5.74, 6) is -0.362. The van der Waals surface area contributed by atoms with Crippen LogP contribution in [-0.2, 0) is 9.47 Å². The number of allylic oxidation sites excluding steroid dienone is 2. The molecular weight excluding hydrogens is 166 g/mol. The van der Waals surface area contributed by atoms with E-state index in [-0.39, 0.29) is 5.79 Å². The standard InChI is InChI=1S/C10H19NO2/c1-8(11)9-4-6-10(12-2,13-3)7-5-9/h4-7,11H2,1-3H3. The summed E-state index contributed by atoms with van der Waals surface area (Å²) in [7, 11) is 3.40. The van der Waals surface area contributed by atoms with E-state index >= 15 is 0 Å². The molecule has 1 fully saturated rings. The van der Waals surface area contributed by atoms with E-state index in [4.69, 9.17) is 15.2 Å². The fourth-order valence-electron chi connectivity index (χ4n) is 1.82. The van der Waals surface area contributed by atoms with Gasteiger partial charge in [0, 0.05) is 32.8 Å². The number of hydrogen-bond donors (Lipinski definition) is 1. The molecule has 0 aromatic heterocycles. The first-order valence-corrected chi connectivity index (χ1v) is 4.68. The Balaban J connectivity index is 2.60. The lowest BCUT2D eigenvalue weighted by molar-refractivity contribution is -0.218. The zero-order valence-electron chi connectivity index (χ0n) is 8.72. The van der Waals surface area contributed by atoms with Crippen LogP contribution < -0.4 is 5.73 Å². The lowest BCUT2D eigenvalue weighted by atomic mass is 9.88. The van der Waals surface area contributed by atoms with E-state index in [9.17, 15) is 0 Å². The highest BCUT2D eigenvalue weighted by Gasteiger charge is 2.33. The quantitative estimate of drug-likeness (QED) is 0.667. The molecule has 0 heterocycles. The zero-order valence-corrected chi connectivity index (χ0v) is 8.72. The molecule has 0 radical (unpaired) electrons. The Morgan fingerprint density at radius 1 is 1.23 bits per heavy atom. The summed E-state index contributed by atoms with van der Waals surface area (Å²) in [5.41, 5.74) is 8.05. The van der Waals surface area contributed by atoms with E-state index in [1.807, 2.05) is 6.92 Å². The molecule has 0 spiro atoms. The molecule has 0 unspecified atom stereocenters. The lowest BCUT2D eigenvalue weighted by Crippen LogP contribution is -2.36. The average molecular weight is 185 g/mol. The minimum absolute atomic E-state index is 0.362. The van der Waals surface area contributed by atoms with Gasteiger partial charge in [-0.15, -0.1) is 0 Å². The topological polar surface area (TPSA) is 44.5 Å². The molecule has 76 valence electrons. The fraction of sp³-hybridized carbons (Fsp3) is 0.800. The lowest BCUT2D eigenvalue weighted by Gasteiger charge is -2.35. The first-order valence-electron chi connectivity index (χ1n) is 4.68. The molecule has 0 atom stereocenters. The molecule has 0 bridgehead atoms. The minimum atomic E-state index is -0.362. The van der Waals surface area contributed by atoms with E-state index < -0.39 is 0 Å². The van der Waals surface area contributed by atoms with Crippen molar-refractivity contribution in [3.8, 4) is 0 Å². The summed E-state index contributed by atoms with van der Waals surface area (Å²) in [6, 6.07) is 0. The van der Waals surface area contributed by atoms with Crippen LogP contribution >= 0.6 is 0 Å². The van der Waals surface area contributed by atoms with Crippen molar-refractivity contribution >= 4 is 0 Å². The number of ether oxygens (including phenoxy) is 2. The highest BCUT2D eigenvalue weighted by atomic mass is 16.7. The maximum absolute atomic E-state index is 5.74. The highest BCUT2D eigenvalue weighted by molar-refractivity contribution is 5.12. The fourth-order valence-corrected chi connectivity index (χ4v) is 1.82. The van der Waals surface area contributed by atoms with E-state index in [2.05, 4.69) is 0 Å². The van der Waals surface area contributed by atoms with Gasteiger partial charge in [0.1, 0.15) is 0 Å². The second-order valence-electron chi connectivity index (χ2n) is 3.61. The molecule has 0 aliphatic heterocycles. The number of hydrogen-bond acceptors (Lipinski definition) is 3. The van der Waals surface area contributed by atoms with Crippen LogP contribution in [0.2, 0.25) is 0 Å². The van der Waals surface area contributed by atoms with Crippen LogP contribution in [0.1, 0.15) is 32.6 Å². The van der Waals surface area contributed by atoms with Crippen molar-refractivity contribution in [2.24, 2.45) is 5.73 Å². The maximum Gasteiger partial charge on any atom is 0.168 e. The van der Waals surface area contributed by atoms with Crippen LogP contribution in [0.3, 0.4) is 0 Å². The molecule has 3 heteroatoms.